The quantitative estimate of drug-likeness (QED) is 0.908. The molecular formula is C14H13F2N3O2. The number of nitrogens with zero attached hydrogens (tertiary/aromatic N) is 1. The molecule has 0 bridgehead atoms. The third-order valence-corrected chi connectivity index (χ3v) is 2.74. The Bertz CT molecular complexity index is 662. The largest absolute Gasteiger partial charge is 0.434 e. The predicted octanol–water partition coefficient (Wildman–Crippen LogP) is 2.83. The number of nitrogens with two attached hydrogens (primary N) is 1. The van der Waals surface area contributed by atoms with Gasteiger partial charge in [-0.3, -0.25) is 4.79 Å². The highest BCUT2D eigenvalue weighted by atomic mass is 19.3. The molecule has 1 amide bonds. The molecule has 0 unspecified atom stereocenters. The van der Waals surface area contributed by atoms with Crippen LogP contribution in [0.3, 0.4) is 0 Å². The van der Waals surface area contributed by atoms with Crippen molar-refractivity contribution in [2.45, 2.75) is 13.5 Å². The highest BCUT2D eigenvalue weighted by molar-refractivity contribution is 6.05. The molecule has 0 fully saturated rings. The Morgan fingerprint density at radius 2 is 2.10 bits per heavy atom. The van der Waals surface area contributed by atoms with Gasteiger partial charge in [-0.05, 0) is 30.7 Å². The van der Waals surface area contributed by atoms with Gasteiger partial charge in [0.15, 0.2) is 0 Å². The molecule has 21 heavy (non-hydrogen) atoms. The summed E-state index contributed by atoms with van der Waals surface area (Å²) in [5.41, 5.74) is 6.87. The van der Waals surface area contributed by atoms with Gasteiger partial charge in [0.2, 0.25) is 0 Å². The number of hydrogen-bond donors (Lipinski definition) is 2. The average molecular weight is 293 g/mol. The molecule has 1 aromatic carbocycles. The summed E-state index contributed by atoms with van der Waals surface area (Å²) in [6, 6.07) is 7.32. The van der Waals surface area contributed by atoms with Crippen molar-refractivity contribution >= 4 is 17.4 Å². The highest BCUT2D eigenvalue weighted by Crippen LogP contribution is 2.22. The van der Waals surface area contributed by atoms with Gasteiger partial charge in [0.05, 0.1) is 17.4 Å². The molecule has 2 rings (SSSR count). The number of aromatic nitrogens is 1. The summed E-state index contributed by atoms with van der Waals surface area (Å²) >= 11 is 0. The maximum Gasteiger partial charge on any atom is 0.387 e. The van der Waals surface area contributed by atoms with Crippen LogP contribution < -0.4 is 15.8 Å². The first-order valence-electron chi connectivity index (χ1n) is 6.04. The van der Waals surface area contributed by atoms with Crippen molar-refractivity contribution in [2.24, 2.45) is 0 Å². The van der Waals surface area contributed by atoms with Crippen LogP contribution in [0, 0.1) is 6.92 Å². The van der Waals surface area contributed by atoms with E-state index >= 15 is 0 Å². The molecule has 0 saturated heterocycles. The lowest BCUT2D eigenvalue weighted by Gasteiger charge is -2.11. The summed E-state index contributed by atoms with van der Waals surface area (Å²) < 4.78 is 28.9. The molecule has 0 atom stereocenters. The monoisotopic (exact) mass is 293 g/mol. The lowest BCUT2D eigenvalue weighted by atomic mass is 10.2. The average Bonchev–Trinajstić information content (AvgIpc) is 2.43. The first-order chi connectivity index (χ1) is 9.97. The molecule has 3 N–H and O–H groups in total. The van der Waals surface area contributed by atoms with E-state index in [0.29, 0.717) is 5.69 Å². The van der Waals surface area contributed by atoms with Crippen LogP contribution in [0.5, 0.6) is 5.75 Å². The smallest absolute Gasteiger partial charge is 0.387 e. The number of amides is 1. The maximum atomic E-state index is 12.3. The van der Waals surface area contributed by atoms with E-state index in [9.17, 15) is 13.6 Å². The zero-order valence-corrected chi connectivity index (χ0v) is 11.1. The zero-order chi connectivity index (χ0) is 15.4. The molecule has 0 spiro atoms. The van der Waals surface area contributed by atoms with Crippen LogP contribution in [0.2, 0.25) is 0 Å². The molecule has 0 aliphatic carbocycles. The van der Waals surface area contributed by atoms with Gasteiger partial charge in [0.1, 0.15) is 11.6 Å². The number of para-hydroxylation sites is 1. The van der Waals surface area contributed by atoms with Crippen molar-refractivity contribution in [1.82, 2.24) is 4.98 Å². The summed E-state index contributed by atoms with van der Waals surface area (Å²) in [5, 5.41) is 2.51. The number of anilines is 2. The fraction of sp³-hybridized carbons (Fsp3) is 0.143. The number of nitrogens with one attached hydrogen (secondary N) is 1. The van der Waals surface area contributed by atoms with Gasteiger partial charge < -0.3 is 15.8 Å². The number of benzene rings is 1. The Labute approximate surface area is 119 Å². The van der Waals surface area contributed by atoms with Crippen LogP contribution >= 0.6 is 0 Å². The van der Waals surface area contributed by atoms with Crippen molar-refractivity contribution in [3.8, 4) is 5.75 Å². The van der Waals surface area contributed by atoms with Gasteiger partial charge in [-0.1, -0.05) is 12.1 Å². The summed E-state index contributed by atoms with van der Waals surface area (Å²) in [6.45, 7) is -1.24. The molecule has 0 radical (unpaired) electrons. The van der Waals surface area contributed by atoms with Gasteiger partial charge >= 0.3 is 6.61 Å². The number of alkyl halides is 2. The summed E-state index contributed by atoms with van der Waals surface area (Å²) in [6.07, 6.45) is 1.41. The minimum atomic E-state index is -3.00. The molecule has 110 valence electrons. The number of ether oxygens (including phenoxy) is 1. The van der Waals surface area contributed by atoms with E-state index < -0.39 is 12.5 Å². The van der Waals surface area contributed by atoms with E-state index in [2.05, 4.69) is 15.0 Å². The lowest BCUT2D eigenvalue weighted by molar-refractivity contribution is -0.0501. The number of halogens is 2. The topological polar surface area (TPSA) is 77.2 Å². The normalized spacial score (nSPS) is 10.5. The third-order valence-electron chi connectivity index (χ3n) is 2.74. The number of pyridine rings is 1. The number of carbonyl (C=O) groups excluding carboxylic acids is 1. The Morgan fingerprint density at radius 1 is 1.38 bits per heavy atom. The van der Waals surface area contributed by atoms with Gasteiger partial charge in [-0.15, -0.1) is 0 Å². The van der Waals surface area contributed by atoms with Crippen LogP contribution in [0.1, 0.15) is 15.9 Å². The SMILES string of the molecule is Cc1cc(NC(=O)c2ccccc2OC(F)F)ncc1N. The summed E-state index contributed by atoms with van der Waals surface area (Å²) in [4.78, 5) is 16.1. The van der Waals surface area contributed by atoms with E-state index in [1.807, 2.05) is 0 Å². The fourth-order valence-corrected chi connectivity index (χ4v) is 1.67. The third kappa shape index (κ3) is 3.65. The van der Waals surface area contributed by atoms with Gasteiger partial charge in [-0.25, -0.2) is 4.98 Å². The first kappa shape index (κ1) is 14.7. The second-order valence-electron chi connectivity index (χ2n) is 4.25. The van der Waals surface area contributed by atoms with E-state index in [0.717, 1.165) is 5.56 Å². The van der Waals surface area contributed by atoms with E-state index in [4.69, 9.17) is 5.73 Å². The summed E-state index contributed by atoms with van der Waals surface area (Å²) in [7, 11) is 0. The van der Waals surface area contributed by atoms with Crippen LogP contribution in [-0.2, 0) is 0 Å². The fourth-order valence-electron chi connectivity index (χ4n) is 1.67. The molecule has 0 aliphatic rings. The van der Waals surface area contributed by atoms with Crippen molar-refractivity contribution in [1.29, 1.82) is 0 Å². The maximum absolute atomic E-state index is 12.3. The zero-order valence-electron chi connectivity index (χ0n) is 11.1. The molecule has 0 saturated carbocycles. The van der Waals surface area contributed by atoms with Crippen molar-refractivity contribution in [3.05, 3.63) is 47.7 Å². The van der Waals surface area contributed by atoms with Crippen LogP contribution in [0.15, 0.2) is 36.5 Å². The van der Waals surface area contributed by atoms with Gasteiger partial charge in [0, 0.05) is 0 Å². The minimum Gasteiger partial charge on any atom is -0.434 e. The minimum absolute atomic E-state index is 0.00548. The summed E-state index contributed by atoms with van der Waals surface area (Å²) in [5.74, 6) is -0.515. The Morgan fingerprint density at radius 3 is 2.76 bits per heavy atom. The number of nitrogen functional groups attached to an aromatic ring is 1. The molecule has 1 heterocycles. The first-order valence-corrected chi connectivity index (χ1v) is 6.04. The molecule has 1 aromatic heterocycles. The van der Waals surface area contributed by atoms with Crippen molar-refractivity contribution < 1.29 is 18.3 Å². The second-order valence-corrected chi connectivity index (χ2v) is 4.25. The molecular weight excluding hydrogens is 280 g/mol. The van der Waals surface area contributed by atoms with Crippen LogP contribution in [0.4, 0.5) is 20.3 Å². The van der Waals surface area contributed by atoms with Crippen LogP contribution in [0.25, 0.3) is 0 Å². The molecule has 7 heteroatoms. The number of rotatable bonds is 4. The van der Waals surface area contributed by atoms with Gasteiger partial charge in [0.25, 0.3) is 5.91 Å². The van der Waals surface area contributed by atoms with Gasteiger partial charge in [-0.2, -0.15) is 8.78 Å². The molecule has 5 nitrogen and oxygen atoms in total. The van der Waals surface area contributed by atoms with E-state index in [1.54, 1.807) is 19.1 Å². The Kier molecular flexibility index (Phi) is 4.32. The highest BCUT2D eigenvalue weighted by Gasteiger charge is 2.15. The van der Waals surface area contributed by atoms with Crippen molar-refractivity contribution in [2.75, 3.05) is 11.1 Å². The predicted molar refractivity (Wildman–Crippen MR) is 74.4 cm³/mol. The van der Waals surface area contributed by atoms with E-state index in [1.165, 1.54) is 24.4 Å². The molecule has 0 aliphatic heterocycles. The Hall–Kier alpha value is -2.70. The Balaban J connectivity index is 2.22. The van der Waals surface area contributed by atoms with E-state index in [-0.39, 0.29) is 17.1 Å². The standard InChI is InChI=1S/C14H13F2N3O2/c1-8-6-12(18-7-10(8)17)19-13(20)9-4-2-3-5-11(9)21-14(15)16/h2-7,14H,17H2,1H3,(H,18,19,20). The number of hydrogen-bond acceptors (Lipinski definition) is 4. The number of carbonyl (C=O) groups is 1. The lowest BCUT2D eigenvalue weighted by Crippen LogP contribution is -2.16. The van der Waals surface area contributed by atoms with Crippen molar-refractivity contribution in [3.63, 3.8) is 0 Å². The number of aryl methyl sites for hydroxylation is 1. The molecule has 2 aromatic rings. The second kappa shape index (κ2) is 6.17. The van der Waals surface area contributed by atoms with Crippen LogP contribution in [-0.4, -0.2) is 17.5 Å².